The van der Waals surface area contributed by atoms with Crippen molar-refractivity contribution in [1.82, 2.24) is 20.2 Å². The summed E-state index contributed by atoms with van der Waals surface area (Å²) in [5.41, 5.74) is 3.68. The highest BCUT2D eigenvalue weighted by atomic mass is 19.1. The normalized spacial score (nSPS) is 13.1. The van der Waals surface area contributed by atoms with Gasteiger partial charge in [-0.25, -0.2) is 14.2 Å². The van der Waals surface area contributed by atoms with Crippen LogP contribution in [-0.4, -0.2) is 77.7 Å². The van der Waals surface area contributed by atoms with Crippen LogP contribution in [0.1, 0.15) is 42.5 Å². The average molecular weight is 578 g/mol. The highest BCUT2D eigenvalue weighted by molar-refractivity contribution is 6.02. The second-order valence-electron chi connectivity index (χ2n) is 10.3. The summed E-state index contributed by atoms with van der Waals surface area (Å²) in [6, 6.07) is 11.9. The lowest BCUT2D eigenvalue weighted by Gasteiger charge is -2.25. The first-order chi connectivity index (χ1) is 20.4. The molecule has 0 bridgehead atoms. The van der Waals surface area contributed by atoms with Gasteiger partial charge in [-0.1, -0.05) is 18.2 Å². The van der Waals surface area contributed by atoms with Crippen LogP contribution < -0.4 is 20.7 Å². The summed E-state index contributed by atoms with van der Waals surface area (Å²) in [6.45, 7) is 3.01. The van der Waals surface area contributed by atoms with Gasteiger partial charge in [-0.15, -0.1) is 0 Å². The number of aliphatic carboxylic acids is 1. The second-order valence-corrected chi connectivity index (χ2v) is 10.3. The van der Waals surface area contributed by atoms with Crippen LogP contribution in [-0.2, 0) is 17.6 Å². The van der Waals surface area contributed by atoms with Crippen LogP contribution in [0.2, 0.25) is 0 Å². The number of fused-ring (bicyclic) bond motifs is 1. The van der Waals surface area contributed by atoms with E-state index in [0.29, 0.717) is 37.4 Å². The van der Waals surface area contributed by atoms with Gasteiger partial charge in [0.25, 0.3) is 0 Å². The number of amidine groups is 1. The van der Waals surface area contributed by atoms with Crippen LogP contribution in [0.25, 0.3) is 0 Å². The Labute approximate surface area is 246 Å². The van der Waals surface area contributed by atoms with E-state index in [9.17, 15) is 14.3 Å². The number of rotatable bonds is 16. The van der Waals surface area contributed by atoms with Crippen LogP contribution in [0, 0.1) is 11.2 Å². The standard InChI is InChI=1S/C31H40FN7O3/c1-34-27-10-3-2-9-26(27)29(33)38-28(31(40)41)13-16-39(17-18-42-25-19-23(32)20-35-21-25)15-5-4-8-24-12-11-22-7-6-14-36-30(22)37-24/h2-3,9-12,19-21,28,34H,4-8,13-18H2,1H3,(H2,33,38)(H,36,37)(H,40,41)/t28-/m0/s1. The minimum absolute atomic E-state index is 0.0490. The maximum absolute atomic E-state index is 13.5. The number of carboxylic acids is 1. The number of nitrogens with one attached hydrogen (secondary N) is 4. The number of pyridine rings is 2. The molecule has 10 nitrogen and oxygen atoms in total. The SMILES string of the molecule is CNc1ccccc1C(=N)N[C@@H](CCN(CCCCc1ccc2c(n1)NCCC2)CCOc1cncc(F)c1)C(=O)O. The Bertz CT molecular complexity index is 1340. The van der Waals surface area contributed by atoms with Crippen molar-refractivity contribution >= 4 is 23.3 Å². The van der Waals surface area contributed by atoms with Gasteiger partial charge >= 0.3 is 5.97 Å². The van der Waals surface area contributed by atoms with E-state index in [-0.39, 0.29) is 5.84 Å². The minimum atomic E-state index is -1.02. The summed E-state index contributed by atoms with van der Waals surface area (Å²) in [4.78, 5) is 22.9. The van der Waals surface area contributed by atoms with E-state index in [4.69, 9.17) is 15.1 Å². The zero-order valence-corrected chi connectivity index (χ0v) is 24.0. The lowest BCUT2D eigenvalue weighted by Crippen LogP contribution is -2.44. The number of unbranched alkanes of at least 4 members (excludes halogenated alkanes) is 1. The summed E-state index contributed by atoms with van der Waals surface area (Å²) in [6.07, 6.45) is 7.75. The fourth-order valence-electron chi connectivity index (χ4n) is 4.99. The maximum Gasteiger partial charge on any atom is 0.326 e. The molecule has 0 radical (unpaired) electrons. The quantitative estimate of drug-likeness (QED) is 0.0965. The third-order valence-corrected chi connectivity index (χ3v) is 7.28. The van der Waals surface area contributed by atoms with Crippen molar-refractivity contribution in [3.8, 4) is 5.75 Å². The van der Waals surface area contributed by atoms with E-state index in [2.05, 4.69) is 38.0 Å². The molecule has 1 atom stereocenters. The Morgan fingerprint density at radius 3 is 2.86 bits per heavy atom. The van der Waals surface area contributed by atoms with E-state index in [1.807, 2.05) is 18.2 Å². The number of carbonyl (C=O) groups is 1. The molecule has 0 amide bonds. The number of hydrogen-bond acceptors (Lipinski definition) is 8. The number of aromatic nitrogens is 2. The lowest BCUT2D eigenvalue weighted by atomic mass is 10.1. The van der Waals surface area contributed by atoms with E-state index in [1.165, 1.54) is 17.8 Å². The van der Waals surface area contributed by atoms with Gasteiger partial charge in [0.05, 0.1) is 12.4 Å². The van der Waals surface area contributed by atoms with Crippen molar-refractivity contribution in [2.24, 2.45) is 0 Å². The van der Waals surface area contributed by atoms with Gasteiger partial charge in [0.1, 0.15) is 35.9 Å². The highest BCUT2D eigenvalue weighted by Gasteiger charge is 2.21. The lowest BCUT2D eigenvalue weighted by molar-refractivity contribution is -0.139. The van der Waals surface area contributed by atoms with Gasteiger partial charge in [0, 0.05) is 49.7 Å². The molecule has 11 heteroatoms. The average Bonchev–Trinajstić information content (AvgIpc) is 3.00. The molecule has 1 aliphatic rings. The molecule has 1 aromatic carbocycles. The molecule has 2 aromatic heterocycles. The van der Waals surface area contributed by atoms with Crippen molar-refractivity contribution in [3.05, 3.63) is 77.5 Å². The molecule has 0 unspecified atom stereocenters. The van der Waals surface area contributed by atoms with Crippen LogP contribution in [0.3, 0.4) is 0 Å². The van der Waals surface area contributed by atoms with Gasteiger partial charge in [-0.3, -0.25) is 15.3 Å². The van der Waals surface area contributed by atoms with Gasteiger partial charge < -0.3 is 25.8 Å². The molecule has 3 heterocycles. The first-order valence-electron chi connectivity index (χ1n) is 14.5. The Balaban J connectivity index is 1.32. The molecule has 4 rings (SSSR count). The number of carboxylic acid groups (broad SMARTS) is 1. The molecule has 3 aromatic rings. The molecule has 0 saturated carbocycles. The largest absolute Gasteiger partial charge is 0.491 e. The highest BCUT2D eigenvalue weighted by Crippen LogP contribution is 2.20. The second kappa shape index (κ2) is 15.7. The number of para-hydroxylation sites is 1. The smallest absolute Gasteiger partial charge is 0.326 e. The molecule has 0 fully saturated rings. The molecule has 42 heavy (non-hydrogen) atoms. The van der Waals surface area contributed by atoms with Crippen molar-refractivity contribution in [3.63, 3.8) is 0 Å². The van der Waals surface area contributed by atoms with Crippen LogP contribution in [0.5, 0.6) is 5.75 Å². The summed E-state index contributed by atoms with van der Waals surface area (Å²) in [7, 11) is 1.76. The number of nitrogens with zero attached hydrogens (tertiary/aromatic N) is 3. The Morgan fingerprint density at radius 2 is 2.05 bits per heavy atom. The topological polar surface area (TPSA) is 135 Å². The third-order valence-electron chi connectivity index (χ3n) is 7.28. The van der Waals surface area contributed by atoms with Crippen molar-refractivity contribution in [2.75, 3.05) is 50.5 Å². The van der Waals surface area contributed by atoms with Gasteiger partial charge in [-0.2, -0.15) is 0 Å². The fourth-order valence-corrected chi connectivity index (χ4v) is 4.99. The summed E-state index contributed by atoms with van der Waals surface area (Å²) < 4.78 is 19.2. The molecular formula is C31H40FN7O3. The monoisotopic (exact) mass is 577 g/mol. The van der Waals surface area contributed by atoms with Gasteiger partial charge in [-0.05, 0) is 68.8 Å². The van der Waals surface area contributed by atoms with Crippen LogP contribution in [0.15, 0.2) is 54.9 Å². The van der Waals surface area contributed by atoms with Crippen LogP contribution in [0.4, 0.5) is 15.9 Å². The van der Waals surface area contributed by atoms with Crippen LogP contribution >= 0.6 is 0 Å². The fraction of sp³-hybridized carbons (Fsp3) is 0.419. The van der Waals surface area contributed by atoms with E-state index >= 15 is 0 Å². The summed E-state index contributed by atoms with van der Waals surface area (Å²) >= 11 is 0. The predicted molar refractivity (Wildman–Crippen MR) is 162 cm³/mol. The number of benzene rings is 1. The predicted octanol–water partition coefficient (Wildman–Crippen LogP) is 4.18. The molecular weight excluding hydrogens is 537 g/mol. The number of anilines is 2. The first kappa shape index (κ1) is 30.7. The Hall–Kier alpha value is -4.25. The minimum Gasteiger partial charge on any atom is -0.491 e. The molecule has 0 saturated heterocycles. The molecule has 5 N–H and O–H groups in total. The summed E-state index contributed by atoms with van der Waals surface area (Å²) in [5, 5.41) is 27.7. The number of aryl methyl sites for hydroxylation is 2. The first-order valence-corrected chi connectivity index (χ1v) is 14.5. The van der Waals surface area contributed by atoms with E-state index in [1.54, 1.807) is 13.1 Å². The number of ether oxygens (including phenoxy) is 1. The third kappa shape index (κ3) is 9.13. The van der Waals surface area contributed by atoms with Crippen molar-refractivity contribution in [2.45, 2.75) is 44.6 Å². The van der Waals surface area contributed by atoms with E-state index in [0.717, 1.165) is 68.6 Å². The zero-order valence-electron chi connectivity index (χ0n) is 24.0. The molecule has 0 aliphatic carbocycles. The maximum atomic E-state index is 13.5. The van der Waals surface area contributed by atoms with Crippen molar-refractivity contribution < 1.29 is 19.0 Å². The molecule has 0 spiro atoms. The molecule has 1 aliphatic heterocycles. The number of halogens is 1. The van der Waals surface area contributed by atoms with E-state index < -0.39 is 17.8 Å². The zero-order chi connectivity index (χ0) is 29.7. The Kier molecular flexibility index (Phi) is 11.5. The van der Waals surface area contributed by atoms with Gasteiger partial charge in [0.2, 0.25) is 0 Å². The summed E-state index contributed by atoms with van der Waals surface area (Å²) in [5.74, 6) is -0.0834. The molecule has 224 valence electrons. The van der Waals surface area contributed by atoms with Gasteiger partial charge in [0.15, 0.2) is 0 Å². The Morgan fingerprint density at radius 1 is 1.19 bits per heavy atom. The van der Waals surface area contributed by atoms with Crippen molar-refractivity contribution in [1.29, 1.82) is 5.41 Å². The number of hydrogen-bond donors (Lipinski definition) is 5.